The molecule has 0 spiro atoms. The van der Waals surface area contributed by atoms with Gasteiger partial charge in [0.2, 0.25) is 0 Å². The lowest BCUT2D eigenvalue weighted by atomic mass is 10.2. The maximum atomic E-state index is 12.7. The number of thiophene rings is 1. The SMILES string of the molecule is CCn1c(SCC(=O)c2c(N)n(CCOC)c(=O)[nH]c2=O)nnc1-c1cccs1. The number of rotatable bonds is 9. The van der Waals surface area contributed by atoms with Crippen LogP contribution in [0.3, 0.4) is 0 Å². The molecule has 3 heterocycles. The number of carbonyl (C=O) groups excluding carboxylic acids is 1. The number of nitrogens with one attached hydrogen (secondary N) is 1. The van der Waals surface area contributed by atoms with Crippen LogP contribution in [0.5, 0.6) is 0 Å². The average molecular weight is 437 g/mol. The standard InChI is InChI=1S/C17H20N6O4S2/c1-3-22-14(11-5-4-8-28-11)20-21-17(22)29-9-10(24)12-13(18)23(6-7-27-2)16(26)19-15(12)25/h4-5,8H,3,6-7,9,18H2,1-2H3,(H,19,25,26). The molecule has 0 aromatic carbocycles. The van der Waals surface area contributed by atoms with Crippen LogP contribution in [0.25, 0.3) is 10.7 Å². The summed E-state index contributed by atoms with van der Waals surface area (Å²) in [4.78, 5) is 40.0. The van der Waals surface area contributed by atoms with Crippen LogP contribution < -0.4 is 17.0 Å². The molecule has 29 heavy (non-hydrogen) atoms. The van der Waals surface area contributed by atoms with E-state index in [9.17, 15) is 14.4 Å². The average Bonchev–Trinajstić information content (AvgIpc) is 3.35. The topological polar surface area (TPSA) is 138 Å². The first-order valence-corrected chi connectivity index (χ1v) is 10.6. The summed E-state index contributed by atoms with van der Waals surface area (Å²) in [6.45, 7) is 2.92. The van der Waals surface area contributed by atoms with E-state index >= 15 is 0 Å². The van der Waals surface area contributed by atoms with Crippen molar-refractivity contribution in [1.82, 2.24) is 24.3 Å². The Labute approximate surface area is 173 Å². The Hall–Kier alpha value is -2.70. The highest BCUT2D eigenvalue weighted by atomic mass is 32.2. The van der Waals surface area contributed by atoms with Crippen molar-refractivity contribution in [3.63, 3.8) is 0 Å². The van der Waals surface area contributed by atoms with Gasteiger partial charge >= 0.3 is 5.69 Å². The first kappa shape index (κ1) is 21.0. The number of carbonyl (C=O) groups is 1. The molecular weight excluding hydrogens is 416 g/mol. The maximum Gasteiger partial charge on any atom is 0.330 e. The fourth-order valence-corrected chi connectivity index (χ4v) is 4.32. The van der Waals surface area contributed by atoms with Crippen molar-refractivity contribution < 1.29 is 9.53 Å². The molecule has 3 aromatic rings. The number of thioether (sulfide) groups is 1. The van der Waals surface area contributed by atoms with Gasteiger partial charge in [0.25, 0.3) is 5.56 Å². The van der Waals surface area contributed by atoms with Crippen LogP contribution >= 0.6 is 23.1 Å². The van der Waals surface area contributed by atoms with E-state index in [1.807, 2.05) is 29.0 Å². The zero-order chi connectivity index (χ0) is 21.0. The van der Waals surface area contributed by atoms with Crippen molar-refractivity contribution >= 4 is 34.7 Å². The molecule has 3 aromatic heterocycles. The first-order chi connectivity index (χ1) is 14.0. The summed E-state index contributed by atoms with van der Waals surface area (Å²) in [7, 11) is 1.48. The summed E-state index contributed by atoms with van der Waals surface area (Å²) < 4.78 is 7.95. The number of methoxy groups -OCH3 is 1. The van der Waals surface area contributed by atoms with E-state index < -0.39 is 17.0 Å². The Kier molecular flexibility index (Phi) is 6.67. The molecule has 3 N–H and O–H groups in total. The molecule has 0 aliphatic rings. The van der Waals surface area contributed by atoms with Gasteiger partial charge in [0, 0.05) is 13.7 Å². The van der Waals surface area contributed by atoms with E-state index in [1.54, 1.807) is 11.3 Å². The Bertz CT molecular complexity index is 1120. The Morgan fingerprint density at radius 3 is 2.79 bits per heavy atom. The quantitative estimate of drug-likeness (QED) is 0.375. The summed E-state index contributed by atoms with van der Waals surface area (Å²) in [5, 5.41) is 10.9. The van der Waals surface area contributed by atoms with Crippen molar-refractivity contribution in [2.45, 2.75) is 25.2 Å². The minimum absolute atomic E-state index is 0.0711. The van der Waals surface area contributed by atoms with Gasteiger partial charge in [-0.15, -0.1) is 21.5 Å². The summed E-state index contributed by atoms with van der Waals surface area (Å²) in [6.07, 6.45) is 0. The lowest BCUT2D eigenvalue weighted by molar-refractivity contribution is 0.102. The fraction of sp³-hybridized carbons (Fsp3) is 0.353. The van der Waals surface area contributed by atoms with Crippen LogP contribution in [-0.2, 0) is 17.8 Å². The Morgan fingerprint density at radius 1 is 1.34 bits per heavy atom. The predicted molar refractivity (Wildman–Crippen MR) is 112 cm³/mol. The fourth-order valence-electron chi connectivity index (χ4n) is 2.73. The van der Waals surface area contributed by atoms with Gasteiger partial charge < -0.3 is 15.0 Å². The van der Waals surface area contributed by atoms with Gasteiger partial charge in [0.1, 0.15) is 11.4 Å². The monoisotopic (exact) mass is 436 g/mol. The number of Topliss-reactive ketones (excluding diaryl/α,β-unsaturated/α-hetero) is 1. The van der Waals surface area contributed by atoms with Crippen molar-refractivity contribution in [2.24, 2.45) is 0 Å². The molecule has 0 saturated carbocycles. The van der Waals surface area contributed by atoms with Crippen LogP contribution in [0.4, 0.5) is 5.82 Å². The van der Waals surface area contributed by atoms with Crippen LogP contribution in [0.1, 0.15) is 17.3 Å². The van der Waals surface area contributed by atoms with Crippen LogP contribution in [0, 0.1) is 0 Å². The summed E-state index contributed by atoms with van der Waals surface area (Å²) >= 11 is 2.71. The van der Waals surface area contributed by atoms with Crippen LogP contribution in [0.15, 0.2) is 32.3 Å². The minimum Gasteiger partial charge on any atom is -0.384 e. The zero-order valence-corrected chi connectivity index (χ0v) is 17.5. The van der Waals surface area contributed by atoms with Crippen LogP contribution in [0.2, 0.25) is 0 Å². The van der Waals surface area contributed by atoms with Crippen molar-refractivity contribution in [3.8, 4) is 10.7 Å². The van der Waals surface area contributed by atoms with Crippen LogP contribution in [-0.4, -0.2) is 49.6 Å². The number of hydrogen-bond acceptors (Lipinski definition) is 9. The van der Waals surface area contributed by atoms with E-state index in [2.05, 4.69) is 15.2 Å². The molecule has 0 saturated heterocycles. The molecule has 0 aliphatic carbocycles. The molecule has 0 aliphatic heterocycles. The number of nitrogen functional groups attached to an aromatic ring is 1. The third-order valence-corrected chi connectivity index (χ3v) is 5.98. The number of aromatic amines is 1. The number of anilines is 1. The summed E-state index contributed by atoms with van der Waals surface area (Å²) in [5.74, 6) is -0.0120. The molecule has 0 bridgehead atoms. The molecule has 10 nitrogen and oxygen atoms in total. The summed E-state index contributed by atoms with van der Waals surface area (Å²) in [5.41, 5.74) is 4.22. The zero-order valence-electron chi connectivity index (χ0n) is 15.9. The lowest BCUT2D eigenvalue weighted by Crippen LogP contribution is -2.37. The minimum atomic E-state index is -0.803. The van der Waals surface area contributed by atoms with Gasteiger partial charge in [-0.1, -0.05) is 17.8 Å². The second-order valence-electron chi connectivity index (χ2n) is 5.90. The van der Waals surface area contributed by atoms with E-state index in [4.69, 9.17) is 10.5 Å². The number of ketones is 1. The second-order valence-corrected chi connectivity index (χ2v) is 7.79. The maximum absolute atomic E-state index is 12.7. The first-order valence-electron chi connectivity index (χ1n) is 8.72. The molecule has 0 atom stereocenters. The number of aromatic nitrogens is 5. The number of ether oxygens (including phenoxy) is 1. The molecule has 154 valence electrons. The second kappa shape index (κ2) is 9.20. The molecule has 3 rings (SSSR count). The smallest absolute Gasteiger partial charge is 0.330 e. The van der Waals surface area contributed by atoms with E-state index in [1.165, 1.54) is 7.11 Å². The van der Waals surface area contributed by atoms with Crippen molar-refractivity contribution in [3.05, 3.63) is 43.9 Å². The van der Waals surface area contributed by atoms with E-state index in [-0.39, 0.29) is 30.3 Å². The molecule has 12 heteroatoms. The normalized spacial score (nSPS) is 11.1. The molecule has 0 unspecified atom stereocenters. The highest BCUT2D eigenvalue weighted by molar-refractivity contribution is 7.99. The van der Waals surface area contributed by atoms with Gasteiger partial charge in [-0.2, -0.15) is 0 Å². The van der Waals surface area contributed by atoms with E-state index in [0.717, 1.165) is 27.0 Å². The highest BCUT2D eigenvalue weighted by Crippen LogP contribution is 2.27. The van der Waals surface area contributed by atoms with Gasteiger partial charge in [-0.05, 0) is 18.4 Å². The highest BCUT2D eigenvalue weighted by Gasteiger charge is 2.21. The third kappa shape index (κ3) is 4.33. The van der Waals surface area contributed by atoms with Gasteiger partial charge in [0.05, 0.1) is 23.8 Å². The van der Waals surface area contributed by atoms with Gasteiger partial charge in [-0.25, -0.2) is 4.79 Å². The Morgan fingerprint density at radius 2 is 2.14 bits per heavy atom. The number of nitrogens with zero attached hydrogens (tertiary/aromatic N) is 4. The number of nitrogens with two attached hydrogens (primary N) is 1. The number of H-pyrrole nitrogens is 1. The molecule has 0 fully saturated rings. The molecule has 0 amide bonds. The predicted octanol–water partition coefficient (Wildman–Crippen LogP) is 1.08. The lowest BCUT2D eigenvalue weighted by Gasteiger charge is -2.11. The third-order valence-electron chi connectivity index (χ3n) is 4.14. The van der Waals surface area contributed by atoms with Crippen molar-refractivity contribution in [1.29, 1.82) is 0 Å². The van der Waals surface area contributed by atoms with Gasteiger partial charge in [-0.3, -0.25) is 19.1 Å². The Balaban J connectivity index is 1.83. The van der Waals surface area contributed by atoms with Crippen molar-refractivity contribution in [2.75, 3.05) is 25.2 Å². The molecule has 0 radical (unpaired) electrons. The molecular formula is C17H20N6O4S2. The van der Waals surface area contributed by atoms with Gasteiger partial charge in [0.15, 0.2) is 16.8 Å². The summed E-state index contributed by atoms with van der Waals surface area (Å²) in [6, 6.07) is 3.88. The van der Waals surface area contributed by atoms with E-state index in [0.29, 0.717) is 11.7 Å². The largest absolute Gasteiger partial charge is 0.384 e. The number of hydrogen-bond donors (Lipinski definition) is 2.